The quantitative estimate of drug-likeness (QED) is 0.619. The van der Waals surface area contributed by atoms with Gasteiger partial charge < -0.3 is 0 Å². The highest BCUT2D eigenvalue weighted by molar-refractivity contribution is 7.19. The van der Waals surface area contributed by atoms with Crippen molar-refractivity contribution in [3.63, 3.8) is 0 Å². The minimum atomic E-state index is 0.865. The lowest BCUT2D eigenvalue weighted by molar-refractivity contribution is 0.700. The molecular weight excluding hydrogens is 212 g/mol. The van der Waals surface area contributed by atoms with E-state index < -0.39 is 0 Å². The summed E-state index contributed by atoms with van der Waals surface area (Å²) >= 11 is 7.97. The molecule has 14 heavy (non-hydrogen) atoms. The van der Waals surface area contributed by atoms with E-state index in [9.17, 15) is 0 Å². The Hall–Kier alpha value is -0.530. The zero-order chi connectivity index (χ0) is 9.54. The molecule has 3 rings (SSSR count). The molecule has 0 aliphatic heterocycles. The molecule has 1 aliphatic rings. The van der Waals surface area contributed by atoms with Crippen LogP contribution in [0.3, 0.4) is 0 Å². The van der Waals surface area contributed by atoms with Crippen LogP contribution >= 0.6 is 22.9 Å². The summed E-state index contributed by atoms with van der Waals surface area (Å²) in [6, 6.07) is 6.27. The van der Waals surface area contributed by atoms with Crippen LogP contribution in [0.25, 0.3) is 10.1 Å². The predicted molar refractivity (Wildman–Crippen MR) is 63.5 cm³/mol. The second kappa shape index (κ2) is 3.25. The molecule has 0 bridgehead atoms. The van der Waals surface area contributed by atoms with Crippen molar-refractivity contribution in [2.45, 2.75) is 25.7 Å². The van der Waals surface area contributed by atoms with Crippen molar-refractivity contribution >= 4 is 33.0 Å². The Kier molecular flexibility index (Phi) is 2.03. The maximum absolute atomic E-state index is 6.02. The van der Waals surface area contributed by atoms with E-state index in [1.807, 2.05) is 17.4 Å². The van der Waals surface area contributed by atoms with Crippen molar-refractivity contribution in [3.05, 3.63) is 33.7 Å². The SMILES string of the molecule is Clc1ccc2sc3c(c2c1)CCCC3. The Morgan fingerprint density at radius 3 is 2.93 bits per heavy atom. The lowest BCUT2D eigenvalue weighted by atomic mass is 9.96. The standard InChI is InChI=1S/C12H11ClS/c13-8-5-6-12-10(7-8)9-3-1-2-4-11(9)14-12/h5-7H,1-4H2. The van der Waals surface area contributed by atoms with Gasteiger partial charge in [-0.15, -0.1) is 11.3 Å². The predicted octanol–water partition coefficient (Wildman–Crippen LogP) is 4.43. The maximum atomic E-state index is 6.02. The first-order valence-corrected chi connectivity index (χ1v) is 6.24. The van der Waals surface area contributed by atoms with Crippen LogP contribution in [0.15, 0.2) is 18.2 Å². The summed E-state index contributed by atoms with van der Waals surface area (Å²) in [4.78, 5) is 1.59. The summed E-state index contributed by atoms with van der Waals surface area (Å²) in [5.41, 5.74) is 1.57. The van der Waals surface area contributed by atoms with Gasteiger partial charge in [-0.2, -0.15) is 0 Å². The van der Waals surface area contributed by atoms with Crippen molar-refractivity contribution in [2.75, 3.05) is 0 Å². The molecule has 0 N–H and O–H groups in total. The molecule has 0 spiro atoms. The minimum absolute atomic E-state index is 0.865. The summed E-state index contributed by atoms with van der Waals surface area (Å²) in [7, 11) is 0. The van der Waals surface area contributed by atoms with Gasteiger partial charge >= 0.3 is 0 Å². The van der Waals surface area contributed by atoms with Gasteiger partial charge in [0, 0.05) is 14.6 Å². The zero-order valence-corrected chi connectivity index (χ0v) is 9.42. The van der Waals surface area contributed by atoms with E-state index in [0.29, 0.717) is 0 Å². The third kappa shape index (κ3) is 1.27. The summed E-state index contributed by atoms with van der Waals surface area (Å²) in [5.74, 6) is 0. The third-order valence-electron chi connectivity index (χ3n) is 2.92. The van der Waals surface area contributed by atoms with Gasteiger partial charge in [-0.25, -0.2) is 0 Å². The van der Waals surface area contributed by atoms with Crippen LogP contribution in [0.2, 0.25) is 5.02 Å². The van der Waals surface area contributed by atoms with Crippen LogP contribution in [-0.4, -0.2) is 0 Å². The van der Waals surface area contributed by atoms with Crippen LogP contribution in [0, 0.1) is 0 Å². The molecular formula is C12H11ClS. The smallest absolute Gasteiger partial charge is 0.0413 e. The fourth-order valence-corrected chi connectivity index (χ4v) is 3.68. The van der Waals surface area contributed by atoms with Gasteiger partial charge in [-0.1, -0.05) is 11.6 Å². The van der Waals surface area contributed by atoms with E-state index >= 15 is 0 Å². The first-order valence-electron chi connectivity index (χ1n) is 5.04. The molecule has 2 aromatic rings. The number of benzene rings is 1. The second-order valence-electron chi connectivity index (χ2n) is 3.85. The minimum Gasteiger partial charge on any atom is -0.140 e. The monoisotopic (exact) mass is 222 g/mol. The lowest BCUT2D eigenvalue weighted by Crippen LogP contribution is -1.97. The third-order valence-corrected chi connectivity index (χ3v) is 4.43. The normalized spacial score (nSPS) is 15.8. The van der Waals surface area contributed by atoms with Crippen molar-refractivity contribution in [2.24, 2.45) is 0 Å². The fourth-order valence-electron chi connectivity index (χ4n) is 2.23. The molecule has 0 amide bonds. The number of hydrogen-bond acceptors (Lipinski definition) is 1. The number of aryl methyl sites for hydroxylation is 2. The van der Waals surface area contributed by atoms with E-state index in [4.69, 9.17) is 11.6 Å². The lowest BCUT2D eigenvalue weighted by Gasteiger charge is -2.10. The Labute approximate surface area is 92.5 Å². The average Bonchev–Trinajstić information content (AvgIpc) is 2.56. The molecule has 1 aromatic carbocycles. The molecule has 2 heteroatoms. The molecule has 1 aromatic heterocycles. The van der Waals surface area contributed by atoms with Gasteiger partial charge in [0.2, 0.25) is 0 Å². The highest BCUT2D eigenvalue weighted by atomic mass is 35.5. The Morgan fingerprint density at radius 2 is 2.00 bits per heavy atom. The first-order chi connectivity index (χ1) is 6.84. The van der Waals surface area contributed by atoms with Crippen molar-refractivity contribution in [3.8, 4) is 0 Å². The van der Waals surface area contributed by atoms with Crippen LogP contribution in [0.4, 0.5) is 0 Å². The Bertz CT molecular complexity index is 484. The molecule has 72 valence electrons. The van der Waals surface area contributed by atoms with Crippen molar-refractivity contribution in [1.29, 1.82) is 0 Å². The highest BCUT2D eigenvalue weighted by Crippen LogP contribution is 2.37. The van der Waals surface area contributed by atoms with Gasteiger partial charge in [0.1, 0.15) is 0 Å². The Morgan fingerprint density at radius 1 is 1.14 bits per heavy atom. The summed E-state index contributed by atoms with van der Waals surface area (Å²) in [5, 5.41) is 2.26. The maximum Gasteiger partial charge on any atom is 0.0413 e. The van der Waals surface area contributed by atoms with Gasteiger partial charge in [0.25, 0.3) is 0 Å². The molecule has 0 radical (unpaired) electrons. The van der Waals surface area contributed by atoms with E-state index in [1.54, 1.807) is 10.4 Å². The van der Waals surface area contributed by atoms with Gasteiger partial charge in [-0.3, -0.25) is 0 Å². The van der Waals surface area contributed by atoms with Crippen molar-refractivity contribution in [1.82, 2.24) is 0 Å². The van der Waals surface area contributed by atoms with Gasteiger partial charge in [0.15, 0.2) is 0 Å². The van der Waals surface area contributed by atoms with Gasteiger partial charge in [-0.05, 0) is 54.8 Å². The van der Waals surface area contributed by atoms with Crippen LogP contribution in [0.5, 0.6) is 0 Å². The largest absolute Gasteiger partial charge is 0.140 e. The summed E-state index contributed by atoms with van der Waals surface area (Å²) in [6.07, 6.45) is 5.21. The molecule has 0 saturated carbocycles. The molecule has 0 unspecified atom stereocenters. The number of rotatable bonds is 0. The Balaban J connectivity index is 2.32. The molecule has 0 saturated heterocycles. The zero-order valence-electron chi connectivity index (χ0n) is 7.85. The van der Waals surface area contributed by atoms with E-state index in [1.165, 1.54) is 35.8 Å². The van der Waals surface area contributed by atoms with Crippen molar-refractivity contribution < 1.29 is 0 Å². The summed E-state index contributed by atoms with van der Waals surface area (Å²) in [6.45, 7) is 0. The van der Waals surface area contributed by atoms with Gasteiger partial charge in [0.05, 0.1) is 0 Å². The average molecular weight is 223 g/mol. The fraction of sp³-hybridized carbons (Fsp3) is 0.333. The molecule has 0 nitrogen and oxygen atoms in total. The van der Waals surface area contributed by atoms with Crippen LogP contribution < -0.4 is 0 Å². The molecule has 1 heterocycles. The summed E-state index contributed by atoms with van der Waals surface area (Å²) < 4.78 is 1.40. The second-order valence-corrected chi connectivity index (χ2v) is 5.42. The highest BCUT2D eigenvalue weighted by Gasteiger charge is 2.15. The number of hydrogen-bond donors (Lipinski definition) is 0. The van der Waals surface area contributed by atoms with E-state index in [-0.39, 0.29) is 0 Å². The number of fused-ring (bicyclic) bond motifs is 3. The van der Waals surface area contributed by atoms with Crippen LogP contribution in [-0.2, 0) is 12.8 Å². The van der Waals surface area contributed by atoms with E-state index in [0.717, 1.165) is 5.02 Å². The number of halogens is 1. The molecule has 0 fully saturated rings. The van der Waals surface area contributed by atoms with Crippen LogP contribution in [0.1, 0.15) is 23.3 Å². The molecule has 1 aliphatic carbocycles. The molecule has 0 atom stereocenters. The topological polar surface area (TPSA) is 0 Å². The van der Waals surface area contributed by atoms with E-state index in [2.05, 4.69) is 12.1 Å². The number of thiophene rings is 1. The first kappa shape index (κ1) is 8.75.